The van der Waals surface area contributed by atoms with Crippen molar-refractivity contribution < 1.29 is 14.7 Å². The van der Waals surface area contributed by atoms with Gasteiger partial charge in [0.1, 0.15) is 6.61 Å². The Morgan fingerprint density at radius 2 is 2.13 bits per heavy atom. The van der Waals surface area contributed by atoms with Crippen LogP contribution in [0.4, 0.5) is 0 Å². The van der Waals surface area contributed by atoms with Gasteiger partial charge in [-0.25, -0.2) is 0 Å². The number of aliphatic hydroxyl groups is 1. The van der Waals surface area contributed by atoms with Crippen LogP contribution in [0.1, 0.15) is 24.1 Å². The average Bonchev–Trinajstić information content (AvgIpc) is 3.34. The van der Waals surface area contributed by atoms with Crippen LogP contribution in [0, 0.1) is 0 Å². The second-order valence-electron chi connectivity index (χ2n) is 7.31. The first-order valence-electron chi connectivity index (χ1n) is 9.61. The molecule has 0 bridgehead atoms. The van der Waals surface area contributed by atoms with E-state index in [1.54, 1.807) is 15.6 Å². The number of hydrogen-bond acceptors (Lipinski definition) is 4. The van der Waals surface area contributed by atoms with Crippen molar-refractivity contribution in [1.82, 2.24) is 19.7 Å². The molecule has 3 aromatic rings. The number of carbonyl (C=O) groups excluding carboxylic acids is 2. The predicted molar refractivity (Wildman–Crippen MR) is 114 cm³/mol. The molecule has 4 N–H and O–H groups in total. The minimum absolute atomic E-state index is 0.298. The molecule has 0 atom stereocenters. The summed E-state index contributed by atoms with van der Waals surface area (Å²) >= 11 is 12.9. The number of nitrogens with zero attached hydrogens (tertiary/aromatic N) is 3. The lowest BCUT2D eigenvalue weighted by Crippen LogP contribution is -2.37. The number of H-pyrrole nitrogens is 1. The Balaban J connectivity index is 1.76. The summed E-state index contributed by atoms with van der Waals surface area (Å²) in [7, 11) is 0. The highest BCUT2D eigenvalue weighted by molar-refractivity contribution is 6.45. The maximum absolute atomic E-state index is 12.0. The standard InChI is InChI=1S/C20H21Cl2N5O3/c21-13-8-11(15-4-7-27(25-15)5-1-2-16(23)29)18-12-9-26(17(30)10-28)6-3-14(12)24-20(18)19(13)22/h4,7-8,24,28H,1-3,5-6,9-10H2,(H2,23,29). The minimum Gasteiger partial charge on any atom is -0.387 e. The van der Waals surface area contributed by atoms with Gasteiger partial charge >= 0.3 is 0 Å². The van der Waals surface area contributed by atoms with Crippen LogP contribution in [-0.2, 0) is 29.1 Å². The van der Waals surface area contributed by atoms with Crippen molar-refractivity contribution in [3.63, 3.8) is 0 Å². The van der Waals surface area contributed by atoms with Gasteiger partial charge < -0.3 is 20.7 Å². The van der Waals surface area contributed by atoms with Gasteiger partial charge in [-0.05, 0) is 18.6 Å². The fourth-order valence-electron chi connectivity index (χ4n) is 3.90. The molecule has 2 amide bonds. The molecule has 0 aliphatic carbocycles. The Labute approximate surface area is 182 Å². The number of carbonyl (C=O) groups is 2. The van der Waals surface area contributed by atoms with Crippen LogP contribution in [0.2, 0.25) is 10.0 Å². The monoisotopic (exact) mass is 449 g/mol. The Kier molecular flexibility index (Phi) is 5.73. The van der Waals surface area contributed by atoms with E-state index in [0.29, 0.717) is 60.2 Å². The van der Waals surface area contributed by atoms with Crippen molar-refractivity contribution in [1.29, 1.82) is 0 Å². The van der Waals surface area contributed by atoms with Crippen LogP contribution in [0.15, 0.2) is 18.3 Å². The predicted octanol–water partition coefficient (Wildman–Crippen LogP) is 2.48. The van der Waals surface area contributed by atoms with Gasteiger partial charge in [-0.3, -0.25) is 14.3 Å². The molecule has 1 aromatic carbocycles. The molecule has 1 aliphatic rings. The van der Waals surface area contributed by atoms with Crippen molar-refractivity contribution in [2.75, 3.05) is 13.2 Å². The van der Waals surface area contributed by atoms with E-state index in [9.17, 15) is 14.7 Å². The van der Waals surface area contributed by atoms with Gasteiger partial charge in [0.15, 0.2) is 0 Å². The maximum atomic E-state index is 12.0. The summed E-state index contributed by atoms with van der Waals surface area (Å²) in [5.41, 5.74) is 9.39. The number of aliphatic hydroxyl groups excluding tert-OH is 1. The first-order chi connectivity index (χ1) is 14.4. The zero-order valence-electron chi connectivity index (χ0n) is 16.1. The molecule has 0 spiro atoms. The molecule has 3 heterocycles. The van der Waals surface area contributed by atoms with Crippen LogP contribution in [0.5, 0.6) is 0 Å². The van der Waals surface area contributed by atoms with Crippen molar-refractivity contribution in [2.45, 2.75) is 32.4 Å². The van der Waals surface area contributed by atoms with Gasteiger partial charge in [-0.15, -0.1) is 0 Å². The zero-order valence-corrected chi connectivity index (χ0v) is 17.6. The summed E-state index contributed by atoms with van der Waals surface area (Å²) in [6.07, 6.45) is 3.37. The Morgan fingerprint density at radius 3 is 2.87 bits per heavy atom. The van der Waals surface area contributed by atoms with E-state index in [1.165, 1.54) is 0 Å². The highest BCUT2D eigenvalue weighted by Gasteiger charge is 2.27. The van der Waals surface area contributed by atoms with E-state index in [2.05, 4.69) is 10.1 Å². The number of amides is 2. The van der Waals surface area contributed by atoms with Gasteiger partial charge in [-0.1, -0.05) is 23.2 Å². The largest absolute Gasteiger partial charge is 0.387 e. The summed E-state index contributed by atoms with van der Waals surface area (Å²) in [4.78, 5) is 28.0. The Morgan fingerprint density at radius 1 is 1.33 bits per heavy atom. The summed E-state index contributed by atoms with van der Waals surface area (Å²) in [5, 5.41) is 15.6. The Hall–Kier alpha value is -2.55. The number of rotatable bonds is 6. The normalized spacial score (nSPS) is 13.6. The number of nitrogens with one attached hydrogen (secondary N) is 1. The van der Waals surface area contributed by atoms with Crippen LogP contribution in [0.3, 0.4) is 0 Å². The highest BCUT2D eigenvalue weighted by Crippen LogP contribution is 2.41. The van der Waals surface area contributed by atoms with Gasteiger partial charge in [0.2, 0.25) is 11.8 Å². The van der Waals surface area contributed by atoms with E-state index in [1.807, 2.05) is 12.3 Å². The average molecular weight is 450 g/mol. The second-order valence-corrected chi connectivity index (χ2v) is 8.09. The van der Waals surface area contributed by atoms with Crippen LogP contribution in [0.25, 0.3) is 22.2 Å². The molecule has 0 fully saturated rings. The molecule has 0 radical (unpaired) electrons. The van der Waals surface area contributed by atoms with Crippen molar-refractivity contribution >= 4 is 45.9 Å². The van der Waals surface area contributed by atoms with Gasteiger partial charge in [0.05, 0.1) is 21.3 Å². The van der Waals surface area contributed by atoms with E-state index in [-0.39, 0.29) is 11.8 Å². The molecule has 0 saturated heterocycles. The molecule has 0 unspecified atom stereocenters. The van der Waals surface area contributed by atoms with Crippen molar-refractivity contribution in [2.24, 2.45) is 5.73 Å². The second kappa shape index (κ2) is 8.29. The number of hydrogen-bond donors (Lipinski definition) is 3. The number of benzene rings is 1. The van der Waals surface area contributed by atoms with E-state index >= 15 is 0 Å². The van der Waals surface area contributed by atoms with Gasteiger partial charge in [-0.2, -0.15) is 5.10 Å². The molecule has 158 valence electrons. The van der Waals surface area contributed by atoms with E-state index in [0.717, 1.165) is 22.2 Å². The number of nitrogens with two attached hydrogens (primary N) is 1. The number of aromatic nitrogens is 3. The third kappa shape index (κ3) is 3.78. The third-order valence-electron chi connectivity index (χ3n) is 5.36. The van der Waals surface area contributed by atoms with Crippen molar-refractivity contribution in [3.8, 4) is 11.3 Å². The van der Waals surface area contributed by atoms with Crippen LogP contribution >= 0.6 is 23.2 Å². The lowest BCUT2D eigenvalue weighted by Gasteiger charge is -2.26. The third-order valence-corrected chi connectivity index (χ3v) is 6.14. The molecule has 30 heavy (non-hydrogen) atoms. The number of halogens is 2. The summed E-state index contributed by atoms with van der Waals surface area (Å²) < 4.78 is 1.76. The van der Waals surface area contributed by atoms with Gasteiger partial charge in [0.25, 0.3) is 0 Å². The minimum atomic E-state index is -0.521. The first kappa shape index (κ1) is 20.7. The van der Waals surface area contributed by atoms with Crippen molar-refractivity contribution in [3.05, 3.63) is 39.6 Å². The fourth-order valence-corrected chi connectivity index (χ4v) is 4.30. The van der Waals surface area contributed by atoms with E-state index < -0.39 is 6.61 Å². The fraction of sp³-hybridized carbons (Fsp3) is 0.350. The molecule has 8 nitrogen and oxygen atoms in total. The number of primary amides is 1. The molecular formula is C20H21Cl2N5O3. The highest BCUT2D eigenvalue weighted by atomic mass is 35.5. The molecule has 4 rings (SSSR count). The lowest BCUT2D eigenvalue weighted by atomic mass is 9.99. The number of aryl methyl sites for hydroxylation is 1. The van der Waals surface area contributed by atoms with E-state index in [4.69, 9.17) is 28.9 Å². The molecule has 1 aliphatic heterocycles. The first-order valence-corrected chi connectivity index (χ1v) is 10.4. The Bertz CT molecular complexity index is 1140. The van der Waals surface area contributed by atoms with Gasteiger partial charge in [0, 0.05) is 60.9 Å². The van der Waals surface area contributed by atoms with Crippen LogP contribution < -0.4 is 5.73 Å². The topological polar surface area (TPSA) is 117 Å². The zero-order chi connectivity index (χ0) is 21.4. The summed E-state index contributed by atoms with van der Waals surface area (Å²) in [6, 6.07) is 3.66. The summed E-state index contributed by atoms with van der Waals surface area (Å²) in [5.74, 6) is -0.648. The van der Waals surface area contributed by atoms with Crippen LogP contribution in [-0.4, -0.2) is 49.7 Å². The molecule has 10 heteroatoms. The molecule has 2 aromatic heterocycles. The SMILES string of the molecule is NC(=O)CCCn1ccc(-c2cc(Cl)c(Cl)c3[nH]c4c(c23)CN(C(=O)CO)CC4)n1. The lowest BCUT2D eigenvalue weighted by molar-refractivity contribution is -0.135. The summed E-state index contributed by atoms with van der Waals surface area (Å²) in [6.45, 7) is 0.942. The quantitative estimate of drug-likeness (QED) is 0.535. The molecule has 0 saturated carbocycles. The number of aromatic amines is 1. The number of fused-ring (bicyclic) bond motifs is 3. The maximum Gasteiger partial charge on any atom is 0.248 e. The molecular weight excluding hydrogens is 429 g/mol. The smallest absolute Gasteiger partial charge is 0.248 e.